The van der Waals surface area contributed by atoms with Crippen LogP contribution in [-0.2, 0) is 11.2 Å². The Hall–Kier alpha value is -1.78. The summed E-state index contributed by atoms with van der Waals surface area (Å²) in [6.45, 7) is 0.575. The fraction of sp³-hybridized carbons (Fsp3) is 0.300. The second-order valence-electron chi connectivity index (χ2n) is 5.93. The molecule has 132 valence electrons. The van der Waals surface area contributed by atoms with Crippen molar-refractivity contribution in [3.05, 3.63) is 64.7 Å². The van der Waals surface area contributed by atoms with E-state index in [1.807, 2.05) is 30.3 Å². The molecule has 2 aromatic rings. The van der Waals surface area contributed by atoms with Crippen LogP contribution in [0, 0.1) is 0 Å². The quantitative estimate of drug-likeness (QED) is 0.491. The van der Waals surface area contributed by atoms with E-state index in [1.54, 1.807) is 18.2 Å². The van der Waals surface area contributed by atoms with Crippen molar-refractivity contribution in [1.29, 1.82) is 0 Å². The van der Waals surface area contributed by atoms with E-state index >= 15 is 0 Å². The topological polar surface area (TPSA) is 46.2 Å². The summed E-state index contributed by atoms with van der Waals surface area (Å²) in [6.07, 6.45) is 3.67. The van der Waals surface area contributed by atoms with Crippen molar-refractivity contribution in [3.63, 3.8) is 0 Å². The van der Waals surface area contributed by atoms with Crippen molar-refractivity contribution in [2.24, 2.45) is 0 Å². The molecule has 0 atom stereocenters. The average molecular weight is 376 g/mol. The number of Topliss-reactive ketones (excluding diaryl/α,β-unsaturated/α-hetero) is 1. The normalized spacial score (nSPS) is 10.5. The molecule has 1 amide bonds. The van der Waals surface area contributed by atoms with Gasteiger partial charge in [0.1, 0.15) is 5.78 Å². The molecular formula is C20H22ClNO2S. The first-order valence-electron chi connectivity index (χ1n) is 8.38. The van der Waals surface area contributed by atoms with Crippen LogP contribution in [-0.4, -0.2) is 18.2 Å². The Kier molecular flexibility index (Phi) is 8.02. The van der Waals surface area contributed by atoms with Gasteiger partial charge in [0.05, 0.1) is 5.56 Å². The number of benzene rings is 2. The summed E-state index contributed by atoms with van der Waals surface area (Å²) in [5.74, 6) is 0.0848. The summed E-state index contributed by atoms with van der Waals surface area (Å²) >= 11 is 10.2. The highest BCUT2D eigenvalue weighted by Crippen LogP contribution is 2.19. The van der Waals surface area contributed by atoms with Gasteiger partial charge in [0.25, 0.3) is 5.91 Å². The predicted octanol–water partition coefficient (Wildman–Crippen LogP) is 4.73. The molecule has 0 spiro atoms. The van der Waals surface area contributed by atoms with Crippen molar-refractivity contribution in [3.8, 4) is 0 Å². The zero-order valence-corrected chi connectivity index (χ0v) is 15.7. The summed E-state index contributed by atoms with van der Waals surface area (Å²) in [7, 11) is 0. The van der Waals surface area contributed by atoms with Crippen molar-refractivity contribution in [2.75, 3.05) is 6.54 Å². The predicted molar refractivity (Wildman–Crippen MR) is 105 cm³/mol. The number of carbonyl (C=O) groups excluding carboxylic acids is 2. The van der Waals surface area contributed by atoms with Gasteiger partial charge in [-0.3, -0.25) is 9.59 Å². The first-order chi connectivity index (χ1) is 12.1. The highest BCUT2D eigenvalue weighted by atomic mass is 35.5. The summed E-state index contributed by atoms with van der Waals surface area (Å²) < 4.78 is 0. The number of thiol groups is 1. The van der Waals surface area contributed by atoms with Crippen LogP contribution in [0.1, 0.15) is 41.6 Å². The van der Waals surface area contributed by atoms with Crippen molar-refractivity contribution >= 4 is 35.9 Å². The standard InChI is InChI=1S/C20H22ClNO2S/c21-16-10-11-19(25)18(14-16)20(24)22-12-6-2-5-9-17(23)13-15-7-3-1-4-8-15/h1,3-4,7-8,10-11,14,25H,2,5-6,9,12-13H2,(H,22,24). The van der Waals surface area contributed by atoms with E-state index < -0.39 is 0 Å². The molecule has 0 saturated heterocycles. The number of halogens is 1. The van der Waals surface area contributed by atoms with Crippen molar-refractivity contribution in [2.45, 2.75) is 37.0 Å². The average Bonchev–Trinajstić information content (AvgIpc) is 2.60. The van der Waals surface area contributed by atoms with Crippen LogP contribution in [0.15, 0.2) is 53.4 Å². The second-order valence-corrected chi connectivity index (χ2v) is 6.85. The van der Waals surface area contributed by atoms with E-state index in [0.717, 1.165) is 24.8 Å². The SMILES string of the molecule is O=C(CCCCCNC(=O)c1cc(Cl)ccc1S)Cc1ccccc1. The highest BCUT2D eigenvalue weighted by Gasteiger charge is 2.09. The Balaban J connectivity index is 1.61. The number of nitrogens with one attached hydrogen (secondary N) is 1. The lowest BCUT2D eigenvalue weighted by atomic mass is 10.0. The maximum absolute atomic E-state index is 12.1. The molecule has 1 N–H and O–H groups in total. The van der Waals surface area contributed by atoms with Gasteiger partial charge < -0.3 is 5.32 Å². The molecule has 0 heterocycles. The molecule has 25 heavy (non-hydrogen) atoms. The summed E-state index contributed by atoms with van der Waals surface area (Å²) in [4.78, 5) is 24.6. The van der Waals surface area contributed by atoms with Crippen LogP contribution in [0.2, 0.25) is 5.02 Å². The zero-order chi connectivity index (χ0) is 18.1. The molecule has 0 radical (unpaired) electrons. The molecule has 0 aliphatic heterocycles. The number of rotatable bonds is 9. The van der Waals surface area contributed by atoms with Crippen molar-refractivity contribution in [1.82, 2.24) is 5.32 Å². The van der Waals surface area contributed by atoms with Crippen LogP contribution in [0.25, 0.3) is 0 Å². The lowest BCUT2D eigenvalue weighted by Gasteiger charge is -2.07. The molecule has 0 fully saturated rings. The van der Waals surface area contributed by atoms with Gasteiger partial charge in [-0.2, -0.15) is 0 Å². The third kappa shape index (κ3) is 6.92. The van der Waals surface area contributed by atoms with E-state index in [0.29, 0.717) is 34.9 Å². The van der Waals surface area contributed by atoms with Crippen LogP contribution < -0.4 is 5.32 Å². The number of amides is 1. The fourth-order valence-electron chi connectivity index (χ4n) is 2.52. The van der Waals surface area contributed by atoms with E-state index in [9.17, 15) is 9.59 Å². The van der Waals surface area contributed by atoms with Gasteiger partial charge in [0.15, 0.2) is 0 Å². The van der Waals surface area contributed by atoms with Gasteiger partial charge in [0, 0.05) is 29.3 Å². The summed E-state index contributed by atoms with van der Waals surface area (Å²) in [5.41, 5.74) is 1.54. The molecule has 0 aromatic heterocycles. The van der Waals surface area contributed by atoms with Crippen LogP contribution >= 0.6 is 24.2 Å². The summed E-state index contributed by atoms with van der Waals surface area (Å²) in [6, 6.07) is 14.8. The minimum atomic E-state index is -0.173. The Morgan fingerprint density at radius 2 is 1.76 bits per heavy atom. The van der Waals surface area contributed by atoms with E-state index in [4.69, 9.17) is 11.6 Å². The molecule has 3 nitrogen and oxygen atoms in total. The molecule has 5 heteroatoms. The fourth-order valence-corrected chi connectivity index (χ4v) is 2.94. The van der Waals surface area contributed by atoms with Crippen LogP contribution in [0.5, 0.6) is 0 Å². The van der Waals surface area contributed by atoms with Gasteiger partial charge in [-0.05, 0) is 36.6 Å². The Labute approximate surface area is 159 Å². The molecule has 0 unspecified atom stereocenters. The maximum Gasteiger partial charge on any atom is 0.252 e. The van der Waals surface area contributed by atoms with Gasteiger partial charge in [-0.1, -0.05) is 48.4 Å². The van der Waals surface area contributed by atoms with E-state index in [1.165, 1.54) is 0 Å². The lowest BCUT2D eigenvalue weighted by Crippen LogP contribution is -2.24. The monoisotopic (exact) mass is 375 g/mol. The Morgan fingerprint density at radius 1 is 1.00 bits per heavy atom. The van der Waals surface area contributed by atoms with E-state index in [2.05, 4.69) is 17.9 Å². The second kappa shape index (κ2) is 10.3. The minimum absolute atomic E-state index is 0.173. The molecule has 0 bridgehead atoms. The minimum Gasteiger partial charge on any atom is -0.352 e. The molecule has 2 aromatic carbocycles. The largest absolute Gasteiger partial charge is 0.352 e. The molecule has 0 saturated carbocycles. The zero-order valence-electron chi connectivity index (χ0n) is 14.0. The first kappa shape index (κ1) is 19.5. The molecule has 0 aliphatic carbocycles. The van der Waals surface area contributed by atoms with Crippen LogP contribution in [0.4, 0.5) is 0 Å². The maximum atomic E-state index is 12.1. The number of unbranched alkanes of at least 4 members (excludes halogenated alkanes) is 2. The van der Waals surface area contributed by atoms with Crippen molar-refractivity contribution < 1.29 is 9.59 Å². The number of ketones is 1. The smallest absolute Gasteiger partial charge is 0.252 e. The summed E-state index contributed by atoms with van der Waals surface area (Å²) in [5, 5.41) is 3.38. The third-order valence-corrected chi connectivity index (χ3v) is 4.49. The number of carbonyl (C=O) groups is 2. The first-order valence-corrected chi connectivity index (χ1v) is 9.21. The van der Waals surface area contributed by atoms with Gasteiger partial charge in [-0.15, -0.1) is 12.6 Å². The molecular weight excluding hydrogens is 354 g/mol. The van der Waals surface area contributed by atoms with Gasteiger partial charge in [0.2, 0.25) is 0 Å². The molecule has 0 aliphatic rings. The van der Waals surface area contributed by atoms with Gasteiger partial charge >= 0.3 is 0 Å². The lowest BCUT2D eigenvalue weighted by molar-refractivity contribution is -0.118. The van der Waals surface area contributed by atoms with E-state index in [-0.39, 0.29) is 11.7 Å². The highest BCUT2D eigenvalue weighted by molar-refractivity contribution is 7.80. The van der Waals surface area contributed by atoms with Crippen LogP contribution in [0.3, 0.4) is 0 Å². The Bertz CT molecular complexity index is 719. The number of hydrogen-bond donors (Lipinski definition) is 2. The third-order valence-electron chi connectivity index (χ3n) is 3.87. The van der Waals surface area contributed by atoms with Gasteiger partial charge in [-0.25, -0.2) is 0 Å². The molecule has 2 rings (SSSR count). The Morgan fingerprint density at radius 3 is 2.52 bits per heavy atom. The number of hydrogen-bond acceptors (Lipinski definition) is 3.